The molecule has 0 atom stereocenters. The Morgan fingerprint density at radius 1 is 1.00 bits per heavy atom. The Labute approximate surface area is 115 Å². The summed E-state index contributed by atoms with van der Waals surface area (Å²) in [5.74, 6) is 2.37. The number of ether oxygens (including phenoxy) is 3. The van der Waals surface area contributed by atoms with Gasteiger partial charge in [-0.05, 0) is 6.92 Å². The third kappa shape index (κ3) is 1.56. The predicted molar refractivity (Wildman–Crippen MR) is 72.7 cm³/mol. The second-order valence-corrected chi connectivity index (χ2v) is 4.21. The van der Waals surface area contributed by atoms with Gasteiger partial charge in [-0.3, -0.25) is 4.40 Å². The first-order chi connectivity index (χ1) is 9.71. The third-order valence-corrected chi connectivity index (χ3v) is 3.18. The van der Waals surface area contributed by atoms with E-state index < -0.39 is 0 Å². The van der Waals surface area contributed by atoms with Crippen LogP contribution in [0, 0.1) is 6.92 Å². The van der Waals surface area contributed by atoms with E-state index in [-0.39, 0.29) is 0 Å². The van der Waals surface area contributed by atoms with Crippen LogP contribution in [0.4, 0.5) is 0 Å². The van der Waals surface area contributed by atoms with E-state index in [1.54, 1.807) is 27.5 Å². The summed E-state index contributed by atoms with van der Waals surface area (Å²) in [6.07, 6.45) is 1.65. The van der Waals surface area contributed by atoms with Gasteiger partial charge >= 0.3 is 0 Å². The van der Waals surface area contributed by atoms with Crippen molar-refractivity contribution in [1.29, 1.82) is 0 Å². The summed E-state index contributed by atoms with van der Waals surface area (Å²) in [6, 6.07) is 1.84. The van der Waals surface area contributed by atoms with Gasteiger partial charge in [0.1, 0.15) is 11.3 Å². The number of aromatic nitrogens is 4. The maximum Gasteiger partial charge on any atom is 0.205 e. The van der Waals surface area contributed by atoms with E-state index in [0.717, 1.165) is 11.3 Å². The molecule has 3 aromatic rings. The quantitative estimate of drug-likeness (QED) is 0.722. The van der Waals surface area contributed by atoms with Gasteiger partial charge in [-0.2, -0.15) is 0 Å². The topological polar surface area (TPSA) is 70.8 Å². The molecule has 7 nitrogen and oxygen atoms in total. The second kappa shape index (κ2) is 4.52. The Balaban J connectivity index is 2.53. The molecule has 0 aliphatic heterocycles. The molecular formula is C13H14N4O3. The van der Waals surface area contributed by atoms with Crippen LogP contribution in [-0.4, -0.2) is 40.9 Å². The number of hydrogen-bond acceptors (Lipinski definition) is 6. The molecule has 0 radical (unpaired) electrons. The fraction of sp³-hybridized carbons (Fsp3) is 0.308. The Morgan fingerprint density at radius 2 is 1.75 bits per heavy atom. The highest BCUT2D eigenvalue weighted by molar-refractivity contribution is 5.88. The zero-order valence-corrected chi connectivity index (χ0v) is 11.7. The van der Waals surface area contributed by atoms with Crippen LogP contribution in [0.5, 0.6) is 17.2 Å². The van der Waals surface area contributed by atoms with Crippen molar-refractivity contribution >= 4 is 16.7 Å². The number of benzene rings is 1. The lowest BCUT2D eigenvalue weighted by Gasteiger charge is -2.14. The number of fused-ring (bicyclic) bond motifs is 3. The summed E-state index contributed by atoms with van der Waals surface area (Å²) in [7, 11) is 4.71. The molecule has 3 rings (SSSR count). The zero-order chi connectivity index (χ0) is 14.3. The van der Waals surface area contributed by atoms with Gasteiger partial charge in [0.15, 0.2) is 17.1 Å². The normalized spacial score (nSPS) is 11.0. The van der Waals surface area contributed by atoms with Gasteiger partial charge in [-0.1, -0.05) is 0 Å². The van der Waals surface area contributed by atoms with Crippen LogP contribution in [0.2, 0.25) is 0 Å². The average molecular weight is 274 g/mol. The van der Waals surface area contributed by atoms with Crippen LogP contribution in [0.25, 0.3) is 16.7 Å². The summed E-state index contributed by atoms with van der Waals surface area (Å²) < 4.78 is 18.1. The van der Waals surface area contributed by atoms with Crippen molar-refractivity contribution in [2.75, 3.05) is 21.3 Å². The zero-order valence-electron chi connectivity index (χ0n) is 11.7. The largest absolute Gasteiger partial charge is 0.493 e. The molecule has 0 fully saturated rings. The molecule has 2 aromatic heterocycles. The highest BCUT2D eigenvalue weighted by atomic mass is 16.5. The SMILES string of the molecule is COc1cc2c(ncc3nnc(C)n32)c(OC)c1OC. The molecule has 0 spiro atoms. The van der Waals surface area contributed by atoms with E-state index in [1.165, 1.54) is 0 Å². The lowest BCUT2D eigenvalue weighted by atomic mass is 10.2. The fourth-order valence-corrected chi connectivity index (χ4v) is 2.31. The summed E-state index contributed by atoms with van der Waals surface area (Å²) in [4.78, 5) is 4.39. The van der Waals surface area contributed by atoms with Gasteiger partial charge in [-0.25, -0.2) is 4.98 Å². The molecule has 2 heterocycles. The Bertz CT molecular complexity index is 797. The molecule has 0 N–H and O–H groups in total. The first-order valence-electron chi connectivity index (χ1n) is 6.00. The molecule has 0 aliphatic rings. The smallest absolute Gasteiger partial charge is 0.205 e. The number of hydrogen-bond donors (Lipinski definition) is 0. The Hall–Kier alpha value is -2.57. The van der Waals surface area contributed by atoms with Gasteiger partial charge in [-0.15, -0.1) is 10.2 Å². The van der Waals surface area contributed by atoms with Crippen LogP contribution >= 0.6 is 0 Å². The number of nitrogens with zero attached hydrogens (tertiary/aromatic N) is 4. The fourth-order valence-electron chi connectivity index (χ4n) is 2.31. The monoisotopic (exact) mass is 274 g/mol. The predicted octanol–water partition coefficient (Wildman–Crippen LogP) is 1.61. The van der Waals surface area contributed by atoms with Crippen LogP contribution in [-0.2, 0) is 0 Å². The van der Waals surface area contributed by atoms with Crippen molar-refractivity contribution < 1.29 is 14.2 Å². The maximum absolute atomic E-state index is 5.44. The van der Waals surface area contributed by atoms with Crippen molar-refractivity contribution in [3.8, 4) is 17.2 Å². The lowest BCUT2D eigenvalue weighted by Crippen LogP contribution is -2.00. The van der Waals surface area contributed by atoms with Crippen LogP contribution in [0.15, 0.2) is 12.3 Å². The van der Waals surface area contributed by atoms with Crippen molar-refractivity contribution in [3.63, 3.8) is 0 Å². The summed E-state index contributed by atoms with van der Waals surface area (Å²) >= 11 is 0. The molecule has 0 unspecified atom stereocenters. The number of rotatable bonds is 3. The van der Waals surface area contributed by atoms with Crippen LogP contribution in [0.3, 0.4) is 0 Å². The van der Waals surface area contributed by atoms with Crippen molar-refractivity contribution in [3.05, 3.63) is 18.1 Å². The minimum Gasteiger partial charge on any atom is -0.493 e. The standard InChI is InChI=1S/C13H14N4O3/c1-7-15-16-10-6-14-11-8(17(7)10)5-9(18-2)12(19-3)13(11)20-4/h5-6H,1-4H3. The minimum atomic E-state index is 0.514. The molecule has 0 saturated carbocycles. The summed E-state index contributed by atoms with van der Waals surface area (Å²) in [5, 5.41) is 8.12. The van der Waals surface area contributed by atoms with Gasteiger partial charge in [0.25, 0.3) is 0 Å². The van der Waals surface area contributed by atoms with Gasteiger partial charge in [0.05, 0.1) is 33.0 Å². The Morgan fingerprint density at radius 3 is 2.40 bits per heavy atom. The van der Waals surface area contributed by atoms with E-state index in [2.05, 4.69) is 15.2 Å². The van der Waals surface area contributed by atoms with Crippen LogP contribution < -0.4 is 14.2 Å². The molecule has 20 heavy (non-hydrogen) atoms. The second-order valence-electron chi connectivity index (χ2n) is 4.21. The molecule has 0 saturated heterocycles. The van der Waals surface area contributed by atoms with Gasteiger partial charge < -0.3 is 14.2 Å². The van der Waals surface area contributed by atoms with Crippen molar-refractivity contribution in [2.45, 2.75) is 6.92 Å². The molecule has 7 heteroatoms. The number of aryl methyl sites for hydroxylation is 1. The van der Waals surface area contributed by atoms with E-state index in [0.29, 0.717) is 28.4 Å². The summed E-state index contributed by atoms with van der Waals surface area (Å²) in [5.41, 5.74) is 2.14. The van der Waals surface area contributed by atoms with Gasteiger partial charge in [0.2, 0.25) is 5.75 Å². The van der Waals surface area contributed by atoms with E-state index in [1.807, 2.05) is 17.4 Å². The van der Waals surface area contributed by atoms with E-state index >= 15 is 0 Å². The lowest BCUT2D eigenvalue weighted by molar-refractivity contribution is 0.326. The van der Waals surface area contributed by atoms with Gasteiger partial charge in [0, 0.05) is 6.07 Å². The third-order valence-electron chi connectivity index (χ3n) is 3.18. The molecular weight excluding hydrogens is 260 g/mol. The molecule has 0 bridgehead atoms. The molecule has 104 valence electrons. The highest BCUT2D eigenvalue weighted by Gasteiger charge is 2.19. The Kier molecular flexibility index (Phi) is 2.81. The van der Waals surface area contributed by atoms with E-state index in [9.17, 15) is 0 Å². The number of methoxy groups -OCH3 is 3. The molecule has 0 amide bonds. The van der Waals surface area contributed by atoms with E-state index in [4.69, 9.17) is 14.2 Å². The van der Waals surface area contributed by atoms with Crippen LogP contribution in [0.1, 0.15) is 5.82 Å². The molecule has 0 aliphatic carbocycles. The summed E-state index contributed by atoms with van der Waals surface area (Å²) in [6.45, 7) is 1.88. The first kappa shape index (κ1) is 12.5. The first-order valence-corrected chi connectivity index (χ1v) is 6.00. The minimum absolute atomic E-state index is 0.514. The average Bonchev–Trinajstić information content (AvgIpc) is 2.86. The van der Waals surface area contributed by atoms with Crippen molar-refractivity contribution in [2.24, 2.45) is 0 Å². The maximum atomic E-state index is 5.44. The highest BCUT2D eigenvalue weighted by Crippen LogP contribution is 2.42. The van der Waals surface area contributed by atoms with Crippen molar-refractivity contribution in [1.82, 2.24) is 19.6 Å². The molecule has 1 aromatic carbocycles.